The number of rotatable bonds is 1. The maximum atomic E-state index is 9.57. The average Bonchev–Trinajstić information content (AvgIpc) is 2.41. The molecule has 1 heterocycles. The number of phenolic OH excluding ortho intramolecular Hbond substituents is 1. The minimum Gasteiger partial charge on any atom is -0.508 e. The van der Waals surface area contributed by atoms with Crippen LogP contribution in [-0.4, -0.2) is 15.3 Å². The largest absolute Gasteiger partial charge is 0.508 e. The number of fused-ring (bicyclic) bond motifs is 1. The van der Waals surface area contributed by atoms with Crippen molar-refractivity contribution in [3.63, 3.8) is 0 Å². The number of hydrogen-bond donors (Lipinski definition) is 1. The van der Waals surface area contributed by atoms with E-state index in [0.717, 1.165) is 27.6 Å². The van der Waals surface area contributed by atoms with Crippen molar-refractivity contribution in [2.45, 2.75) is 6.92 Å². The fraction of sp³-hybridized carbons (Fsp3) is 0.0667. The lowest BCUT2D eigenvalue weighted by Gasteiger charge is -2.06. The second-order valence-corrected chi connectivity index (χ2v) is 4.28. The second-order valence-electron chi connectivity index (χ2n) is 4.28. The van der Waals surface area contributed by atoms with Crippen molar-refractivity contribution in [2.24, 2.45) is 0 Å². The van der Waals surface area contributed by atoms with Crippen molar-refractivity contribution in [1.29, 1.82) is 0 Å². The molecular formula is C15H12N2O. The fourth-order valence-electron chi connectivity index (χ4n) is 2.04. The molecule has 1 N–H and O–H groups in total. The van der Waals surface area contributed by atoms with Gasteiger partial charge in [0, 0.05) is 16.3 Å². The quantitative estimate of drug-likeness (QED) is 0.705. The average molecular weight is 236 g/mol. The monoisotopic (exact) mass is 236 g/mol. The SMILES string of the molecule is Cc1cc(-c2nncc3ccccc23)ccc1O. The minimum absolute atomic E-state index is 0.298. The zero-order valence-corrected chi connectivity index (χ0v) is 9.96. The summed E-state index contributed by atoms with van der Waals surface area (Å²) in [4.78, 5) is 0. The lowest BCUT2D eigenvalue weighted by molar-refractivity contribution is 0.471. The van der Waals surface area contributed by atoms with Crippen LogP contribution >= 0.6 is 0 Å². The van der Waals surface area contributed by atoms with Crippen molar-refractivity contribution in [3.8, 4) is 17.0 Å². The standard InChI is InChI=1S/C15H12N2O/c1-10-8-11(6-7-14(10)18)15-13-5-3-2-4-12(13)9-16-17-15/h2-9,18H,1H3. The fourth-order valence-corrected chi connectivity index (χ4v) is 2.04. The molecule has 1 aromatic heterocycles. The van der Waals surface area contributed by atoms with Crippen LogP contribution in [0.5, 0.6) is 5.75 Å². The first-order valence-corrected chi connectivity index (χ1v) is 5.76. The molecule has 0 aliphatic heterocycles. The molecule has 0 aliphatic carbocycles. The Kier molecular flexibility index (Phi) is 2.45. The third-order valence-electron chi connectivity index (χ3n) is 3.04. The number of hydrogen-bond acceptors (Lipinski definition) is 3. The van der Waals surface area contributed by atoms with Gasteiger partial charge in [0.2, 0.25) is 0 Å². The summed E-state index contributed by atoms with van der Waals surface area (Å²) in [6.45, 7) is 1.87. The first-order chi connectivity index (χ1) is 8.75. The van der Waals surface area contributed by atoms with Gasteiger partial charge in [0.05, 0.1) is 6.20 Å². The van der Waals surface area contributed by atoms with Crippen LogP contribution in [0.4, 0.5) is 0 Å². The van der Waals surface area contributed by atoms with Gasteiger partial charge in [-0.3, -0.25) is 0 Å². The first kappa shape index (κ1) is 10.7. The molecule has 0 saturated carbocycles. The molecule has 3 nitrogen and oxygen atoms in total. The van der Waals surface area contributed by atoms with E-state index in [1.807, 2.05) is 43.3 Å². The van der Waals surface area contributed by atoms with Crippen molar-refractivity contribution in [3.05, 3.63) is 54.2 Å². The van der Waals surface area contributed by atoms with Gasteiger partial charge in [-0.15, -0.1) is 5.10 Å². The zero-order valence-electron chi connectivity index (χ0n) is 9.96. The highest BCUT2D eigenvalue weighted by molar-refractivity contribution is 5.93. The van der Waals surface area contributed by atoms with E-state index in [0.29, 0.717) is 5.75 Å². The Labute approximate surface area is 105 Å². The molecule has 3 rings (SSSR count). The molecule has 0 atom stereocenters. The van der Waals surface area contributed by atoms with Gasteiger partial charge in [0.1, 0.15) is 11.4 Å². The normalized spacial score (nSPS) is 10.7. The Morgan fingerprint density at radius 2 is 1.89 bits per heavy atom. The molecule has 0 aliphatic rings. The van der Waals surface area contributed by atoms with Gasteiger partial charge < -0.3 is 5.11 Å². The van der Waals surface area contributed by atoms with E-state index in [1.54, 1.807) is 12.3 Å². The van der Waals surface area contributed by atoms with Gasteiger partial charge in [-0.2, -0.15) is 5.10 Å². The van der Waals surface area contributed by atoms with Crippen molar-refractivity contribution in [1.82, 2.24) is 10.2 Å². The molecular weight excluding hydrogens is 224 g/mol. The number of aromatic nitrogens is 2. The van der Waals surface area contributed by atoms with Crippen LogP contribution in [-0.2, 0) is 0 Å². The summed E-state index contributed by atoms with van der Waals surface area (Å²) in [7, 11) is 0. The first-order valence-electron chi connectivity index (χ1n) is 5.76. The molecule has 0 spiro atoms. The van der Waals surface area contributed by atoms with Gasteiger partial charge in [-0.25, -0.2) is 0 Å². The summed E-state index contributed by atoms with van der Waals surface area (Å²) in [6.07, 6.45) is 1.76. The van der Waals surface area contributed by atoms with Gasteiger partial charge in [-0.05, 0) is 30.7 Å². The number of aromatic hydroxyl groups is 1. The lowest BCUT2D eigenvalue weighted by Crippen LogP contribution is -1.90. The van der Waals surface area contributed by atoms with E-state index in [-0.39, 0.29) is 0 Å². The van der Waals surface area contributed by atoms with Crippen molar-refractivity contribution >= 4 is 10.8 Å². The van der Waals surface area contributed by atoms with E-state index < -0.39 is 0 Å². The Bertz CT molecular complexity index is 717. The van der Waals surface area contributed by atoms with Gasteiger partial charge in [0.15, 0.2) is 0 Å². The summed E-state index contributed by atoms with van der Waals surface area (Å²) < 4.78 is 0. The highest BCUT2D eigenvalue weighted by atomic mass is 16.3. The Morgan fingerprint density at radius 1 is 1.06 bits per heavy atom. The van der Waals surface area contributed by atoms with Crippen molar-refractivity contribution < 1.29 is 5.11 Å². The number of benzene rings is 2. The van der Waals surface area contributed by atoms with Crippen LogP contribution in [0, 0.1) is 6.92 Å². The summed E-state index contributed by atoms with van der Waals surface area (Å²) in [6, 6.07) is 13.5. The topological polar surface area (TPSA) is 46.0 Å². The Balaban J connectivity index is 2.28. The van der Waals surface area contributed by atoms with Crippen LogP contribution < -0.4 is 0 Å². The number of phenols is 1. The zero-order chi connectivity index (χ0) is 12.5. The van der Waals surface area contributed by atoms with E-state index in [1.165, 1.54) is 0 Å². The predicted octanol–water partition coefficient (Wildman–Crippen LogP) is 3.31. The predicted molar refractivity (Wildman–Crippen MR) is 71.4 cm³/mol. The van der Waals surface area contributed by atoms with Crippen LogP contribution in [0.15, 0.2) is 48.7 Å². The molecule has 0 amide bonds. The van der Waals surface area contributed by atoms with E-state index in [9.17, 15) is 5.11 Å². The smallest absolute Gasteiger partial charge is 0.118 e. The third-order valence-corrected chi connectivity index (χ3v) is 3.04. The van der Waals surface area contributed by atoms with Crippen LogP contribution in [0.25, 0.3) is 22.0 Å². The van der Waals surface area contributed by atoms with Crippen molar-refractivity contribution in [2.75, 3.05) is 0 Å². The highest BCUT2D eigenvalue weighted by Gasteiger charge is 2.07. The maximum Gasteiger partial charge on any atom is 0.118 e. The number of aryl methyl sites for hydroxylation is 1. The third kappa shape index (κ3) is 1.70. The van der Waals surface area contributed by atoms with Gasteiger partial charge in [-0.1, -0.05) is 24.3 Å². The van der Waals surface area contributed by atoms with E-state index in [4.69, 9.17) is 0 Å². The van der Waals surface area contributed by atoms with Gasteiger partial charge >= 0.3 is 0 Å². The summed E-state index contributed by atoms with van der Waals surface area (Å²) in [5, 5.41) is 19.9. The molecule has 0 saturated heterocycles. The van der Waals surface area contributed by atoms with E-state index in [2.05, 4.69) is 10.2 Å². The molecule has 0 fully saturated rings. The van der Waals surface area contributed by atoms with E-state index >= 15 is 0 Å². The molecule has 3 heteroatoms. The van der Waals surface area contributed by atoms with Crippen LogP contribution in [0.2, 0.25) is 0 Å². The molecule has 18 heavy (non-hydrogen) atoms. The molecule has 0 bridgehead atoms. The lowest BCUT2D eigenvalue weighted by atomic mass is 10.0. The highest BCUT2D eigenvalue weighted by Crippen LogP contribution is 2.28. The molecule has 0 unspecified atom stereocenters. The van der Waals surface area contributed by atoms with Crippen LogP contribution in [0.1, 0.15) is 5.56 Å². The summed E-state index contributed by atoms with van der Waals surface area (Å²) >= 11 is 0. The Morgan fingerprint density at radius 3 is 2.72 bits per heavy atom. The molecule has 88 valence electrons. The summed E-state index contributed by atoms with van der Waals surface area (Å²) in [5.41, 5.74) is 2.65. The van der Waals surface area contributed by atoms with Crippen LogP contribution in [0.3, 0.4) is 0 Å². The second kappa shape index (κ2) is 4.11. The molecule has 2 aromatic carbocycles. The number of nitrogens with zero attached hydrogens (tertiary/aromatic N) is 2. The van der Waals surface area contributed by atoms with Gasteiger partial charge in [0.25, 0.3) is 0 Å². The molecule has 3 aromatic rings. The minimum atomic E-state index is 0.298. The summed E-state index contributed by atoms with van der Waals surface area (Å²) in [5.74, 6) is 0.298. The molecule has 0 radical (unpaired) electrons. The Hall–Kier alpha value is -2.42. The maximum absolute atomic E-state index is 9.57.